The van der Waals surface area contributed by atoms with Crippen molar-refractivity contribution >= 4 is 6.29 Å². The van der Waals surface area contributed by atoms with Gasteiger partial charge in [-0.3, -0.25) is 0 Å². The zero-order chi connectivity index (χ0) is 9.14. The minimum absolute atomic E-state index is 0. The molecule has 0 fully saturated rings. The van der Waals surface area contributed by atoms with E-state index in [0.29, 0.717) is 5.57 Å². The molecule has 0 unspecified atom stereocenters. The minimum Gasteiger partial charge on any atom is -0.455 e. The van der Waals surface area contributed by atoms with Gasteiger partial charge in [-0.2, -0.15) is 6.08 Å². The Hall–Kier alpha value is -0.206. The summed E-state index contributed by atoms with van der Waals surface area (Å²) in [6.07, 6.45) is 5.72. The molecule has 3 heteroatoms. The van der Waals surface area contributed by atoms with Crippen LogP contribution in [0.5, 0.6) is 0 Å². The van der Waals surface area contributed by atoms with Crippen LogP contribution in [0.1, 0.15) is 13.8 Å². The van der Waals surface area contributed by atoms with E-state index < -0.39 is 0 Å². The molecule has 0 aromatic carbocycles. The molecular weight excluding hydrogens is 239 g/mol. The first-order valence-electron chi connectivity index (χ1n) is 3.93. The van der Waals surface area contributed by atoms with Crippen molar-refractivity contribution in [2.24, 2.45) is 0 Å². The molecule has 0 atom stereocenters. The van der Waals surface area contributed by atoms with E-state index in [9.17, 15) is 4.79 Å². The van der Waals surface area contributed by atoms with Crippen molar-refractivity contribution in [1.29, 1.82) is 0 Å². The summed E-state index contributed by atoms with van der Waals surface area (Å²) in [6.45, 7) is 8.51. The summed E-state index contributed by atoms with van der Waals surface area (Å²) >= 11 is 0. The van der Waals surface area contributed by atoms with Crippen LogP contribution < -0.4 is 0 Å². The molecule has 0 saturated carbocycles. The Morgan fingerprint density at radius 3 is 2.77 bits per heavy atom. The van der Waals surface area contributed by atoms with Gasteiger partial charge in [-0.1, -0.05) is 24.4 Å². The summed E-state index contributed by atoms with van der Waals surface area (Å²) < 4.78 is 0. The van der Waals surface area contributed by atoms with E-state index in [1.807, 2.05) is 18.7 Å². The van der Waals surface area contributed by atoms with Gasteiger partial charge in [0.2, 0.25) is 0 Å². The van der Waals surface area contributed by atoms with Crippen LogP contribution in [0.4, 0.5) is 0 Å². The molecule has 1 radical (unpaired) electrons. The maximum Gasteiger partial charge on any atom is 0.127 e. The SMILES string of the molecule is C=C1C(C=O)=CC(C)=[C-]N1CC.[Y]. The summed E-state index contributed by atoms with van der Waals surface area (Å²) in [6, 6.07) is 0. The van der Waals surface area contributed by atoms with Crippen LogP contribution in [-0.2, 0) is 37.5 Å². The number of likely N-dealkylation sites (N-methyl/N-ethyl adjacent to an activating group) is 1. The summed E-state index contributed by atoms with van der Waals surface area (Å²) in [7, 11) is 0. The van der Waals surface area contributed by atoms with Gasteiger partial charge in [-0.15, -0.1) is 12.2 Å². The van der Waals surface area contributed by atoms with Gasteiger partial charge < -0.3 is 9.69 Å². The Kier molecular flexibility index (Phi) is 5.42. The van der Waals surface area contributed by atoms with Gasteiger partial charge in [-0.05, 0) is 13.5 Å². The van der Waals surface area contributed by atoms with Gasteiger partial charge >= 0.3 is 0 Å². The maximum atomic E-state index is 10.6. The van der Waals surface area contributed by atoms with Gasteiger partial charge in [0.25, 0.3) is 0 Å². The third-order valence-corrected chi connectivity index (χ3v) is 1.79. The van der Waals surface area contributed by atoms with Crippen LogP contribution in [0.2, 0.25) is 0 Å². The zero-order valence-corrected chi connectivity index (χ0v) is 10.8. The number of carbonyl (C=O) groups is 1. The molecule has 67 valence electrons. The van der Waals surface area contributed by atoms with Gasteiger partial charge in [-0.25, -0.2) is 0 Å². The van der Waals surface area contributed by atoms with Crippen molar-refractivity contribution in [3.05, 3.63) is 35.7 Å². The Balaban J connectivity index is 0.00000144. The summed E-state index contributed by atoms with van der Waals surface area (Å²) in [5.41, 5.74) is 2.34. The molecule has 13 heavy (non-hydrogen) atoms. The fraction of sp³-hybridized carbons (Fsp3) is 0.300. The maximum absolute atomic E-state index is 10.6. The molecule has 1 heterocycles. The van der Waals surface area contributed by atoms with Crippen LogP contribution in [-0.4, -0.2) is 17.7 Å². The number of allylic oxidation sites excluding steroid dienone is 3. The fourth-order valence-corrected chi connectivity index (χ4v) is 1.16. The number of nitrogens with zero attached hydrogens (tertiary/aromatic N) is 1. The Labute approximate surface area is 104 Å². The number of aldehydes is 1. The average molecular weight is 251 g/mol. The quantitative estimate of drug-likeness (QED) is 0.549. The fourth-order valence-electron chi connectivity index (χ4n) is 1.16. The third-order valence-electron chi connectivity index (χ3n) is 1.79. The predicted molar refractivity (Wildman–Crippen MR) is 48.1 cm³/mol. The van der Waals surface area contributed by atoms with Crippen LogP contribution in [0, 0.1) is 6.20 Å². The molecule has 0 aromatic rings. The Morgan fingerprint density at radius 2 is 2.31 bits per heavy atom. The molecule has 1 aliphatic rings. The molecule has 0 spiro atoms. The van der Waals surface area contributed by atoms with Gasteiger partial charge in [0.15, 0.2) is 0 Å². The standard InChI is InChI=1S/C10H12NO.Y/c1-4-11-6-8(2)5-10(7-12)9(11)3;/h5,7H,3-4H2,1-2H3;/q-1;. The number of carbonyl (C=O) groups excluding carboxylic acids is 1. The molecular formula is C10H12NOY-. The first-order chi connectivity index (χ1) is 5.69. The van der Waals surface area contributed by atoms with Crippen molar-refractivity contribution in [1.82, 2.24) is 4.90 Å². The zero-order valence-electron chi connectivity index (χ0n) is 8.00. The number of hydrogen-bond donors (Lipinski definition) is 0. The summed E-state index contributed by atoms with van der Waals surface area (Å²) in [4.78, 5) is 12.4. The van der Waals surface area contributed by atoms with Crippen molar-refractivity contribution < 1.29 is 37.5 Å². The molecule has 0 amide bonds. The predicted octanol–water partition coefficient (Wildman–Crippen LogP) is 1.67. The van der Waals surface area contributed by atoms with Crippen molar-refractivity contribution in [3.63, 3.8) is 0 Å². The second-order valence-corrected chi connectivity index (χ2v) is 2.70. The van der Waals surface area contributed by atoms with E-state index in [4.69, 9.17) is 0 Å². The van der Waals surface area contributed by atoms with E-state index in [-0.39, 0.29) is 32.7 Å². The topological polar surface area (TPSA) is 20.3 Å². The monoisotopic (exact) mass is 251 g/mol. The summed E-state index contributed by atoms with van der Waals surface area (Å²) in [5, 5.41) is 0. The molecule has 2 nitrogen and oxygen atoms in total. The van der Waals surface area contributed by atoms with Crippen molar-refractivity contribution in [2.45, 2.75) is 13.8 Å². The van der Waals surface area contributed by atoms with E-state index in [2.05, 4.69) is 12.8 Å². The van der Waals surface area contributed by atoms with Gasteiger partial charge in [0, 0.05) is 32.7 Å². The molecule has 0 bridgehead atoms. The van der Waals surface area contributed by atoms with E-state index in [1.54, 1.807) is 6.08 Å². The Bertz CT molecular complexity index is 279. The van der Waals surface area contributed by atoms with Crippen LogP contribution in [0.15, 0.2) is 29.5 Å². The molecule has 0 N–H and O–H groups in total. The van der Waals surface area contributed by atoms with E-state index in [0.717, 1.165) is 24.1 Å². The van der Waals surface area contributed by atoms with Crippen molar-refractivity contribution in [3.8, 4) is 0 Å². The molecule has 0 saturated heterocycles. The van der Waals surface area contributed by atoms with Crippen LogP contribution in [0.25, 0.3) is 0 Å². The van der Waals surface area contributed by atoms with Gasteiger partial charge in [0.05, 0.1) is 0 Å². The second kappa shape index (κ2) is 5.51. The summed E-state index contributed by atoms with van der Waals surface area (Å²) in [5.74, 6) is 0. The average Bonchev–Trinajstić information content (AvgIpc) is 2.08. The molecule has 0 aromatic heterocycles. The first-order valence-corrected chi connectivity index (χ1v) is 3.93. The van der Waals surface area contributed by atoms with E-state index >= 15 is 0 Å². The van der Waals surface area contributed by atoms with Crippen molar-refractivity contribution in [2.75, 3.05) is 6.54 Å². The molecule has 1 rings (SSSR count). The molecule has 1 aliphatic heterocycles. The Morgan fingerprint density at radius 1 is 1.69 bits per heavy atom. The number of rotatable bonds is 2. The second-order valence-electron chi connectivity index (χ2n) is 2.70. The molecule has 0 aliphatic carbocycles. The third kappa shape index (κ3) is 2.89. The van der Waals surface area contributed by atoms with E-state index in [1.165, 1.54) is 0 Å². The van der Waals surface area contributed by atoms with Crippen LogP contribution >= 0.6 is 0 Å². The van der Waals surface area contributed by atoms with Crippen LogP contribution in [0.3, 0.4) is 0 Å². The minimum atomic E-state index is 0. The van der Waals surface area contributed by atoms with Gasteiger partial charge in [0.1, 0.15) is 6.29 Å². The smallest absolute Gasteiger partial charge is 0.127 e. The largest absolute Gasteiger partial charge is 0.455 e. The normalized spacial score (nSPS) is 15.8. The number of hydrogen-bond acceptors (Lipinski definition) is 2. The first kappa shape index (κ1) is 12.8.